The van der Waals surface area contributed by atoms with E-state index in [-0.39, 0.29) is 12.6 Å². The molecule has 1 aliphatic rings. The van der Waals surface area contributed by atoms with Gasteiger partial charge in [0.25, 0.3) is 0 Å². The molecule has 78 valence electrons. The first-order valence-electron chi connectivity index (χ1n) is 5.22. The van der Waals surface area contributed by atoms with E-state index in [1.165, 1.54) is 5.69 Å². The Morgan fingerprint density at radius 1 is 1.71 bits per heavy atom. The van der Waals surface area contributed by atoms with E-state index in [0.29, 0.717) is 5.92 Å². The Hall–Kier alpha value is -0.870. The van der Waals surface area contributed by atoms with Crippen LogP contribution in [-0.2, 0) is 6.54 Å². The van der Waals surface area contributed by atoms with Gasteiger partial charge in [-0.3, -0.25) is 4.68 Å². The molecule has 4 nitrogen and oxygen atoms in total. The molecule has 2 N–H and O–H groups in total. The van der Waals surface area contributed by atoms with Crippen LogP contribution in [0.25, 0.3) is 0 Å². The molecule has 0 amide bonds. The molecule has 0 spiro atoms. The molecule has 2 unspecified atom stereocenters. The van der Waals surface area contributed by atoms with Gasteiger partial charge < -0.3 is 10.4 Å². The third-order valence-corrected chi connectivity index (χ3v) is 2.97. The Balaban J connectivity index is 2.21. The van der Waals surface area contributed by atoms with Crippen molar-refractivity contribution in [2.24, 2.45) is 0 Å². The molecular weight excluding hydrogens is 178 g/mol. The van der Waals surface area contributed by atoms with Crippen LogP contribution < -0.4 is 5.32 Å². The van der Waals surface area contributed by atoms with E-state index in [2.05, 4.69) is 23.4 Å². The summed E-state index contributed by atoms with van der Waals surface area (Å²) < 4.78 is 2.01. The molecule has 1 aliphatic heterocycles. The predicted molar refractivity (Wildman–Crippen MR) is 54.1 cm³/mol. The predicted octanol–water partition coefficient (Wildman–Crippen LogP) is 0.341. The van der Waals surface area contributed by atoms with Gasteiger partial charge in [0, 0.05) is 30.4 Å². The van der Waals surface area contributed by atoms with Crippen molar-refractivity contribution in [1.29, 1.82) is 0 Å². The number of nitrogens with zero attached hydrogens (tertiary/aromatic N) is 2. The summed E-state index contributed by atoms with van der Waals surface area (Å²) in [5.74, 6) is 0.419. The summed E-state index contributed by atoms with van der Waals surface area (Å²) in [7, 11) is 0. The standard InChI is InChI=1S/C10H17N3O/c1-2-13-10(4-6-12-13)8-3-5-11-9(8)7-14/h4,6,8-9,11,14H,2-3,5,7H2,1H3. The average molecular weight is 195 g/mol. The Morgan fingerprint density at radius 3 is 3.29 bits per heavy atom. The molecule has 0 bridgehead atoms. The zero-order valence-electron chi connectivity index (χ0n) is 8.48. The first kappa shape index (κ1) is 9.68. The molecule has 14 heavy (non-hydrogen) atoms. The van der Waals surface area contributed by atoms with Gasteiger partial charge >= 0.3 is 0 Å². The summed E-state index contributed by atoms with van der Waals surface area (Å²) in [6.45, 7) is 4.19. The zero-order valence-corrected chi connectivity index (χ0v) is 8.48. The van der Waals surface area contributed by atoms with Crippen LogP contribution >= 0.6 is 0 Å². The highest BCUT2D eigenvalue weighted by Gasteiger charge is 2.29. The van der Waals surface area contributed by atoms with Gasteiger partial charge in [0.2, 0.25) is 0 Å². The van der Waals surface area contributed by atoms with Crippen LogP contribution in [0.2, 0.25) is 0 Å². The van der Waals surface area contributed by atoms with Gasteiger partial charge in [0.1, 0.15) is 0 Å². The minimum atomic E-state index is 0.206. The van der Waals surface area contributed by atoms with Crippen LogP contribution in [0.1, 0.15) is 25.0 Å². The maximum Gasteiger partial charge on any atom is 0.0591 e. The Labute approximate surface area is 83.9 Å². The lowest BCUT2D eigenvalue weighted by Crippen LogP contribution is -2.30. The number of hydrogen-bond donors (Lipinski definition) is 2. The monoisotopic (exact) mass is 195 g/mol. The number of aryl methyl sites for hydroxylation is 1. The molecule has 1 aromatic heterocycles. The topological polar surface area (TPSA) is 50.1 Å². The fourth-order valence-electron chi connectivity index (χ4n) is 2.24. The molecule has 0 radical (unpaired) electrons. The summed E-state index contributed by atoms with van der Waals surface area (Å²) >= 11 is 0. The summed E-state index contributed by atoms with van der Waals surface area (Å²) in [5.41, 5.74) is 1.25. The van der Waals surface area contributed by atoms with Gasteiger partial charge in [-0.05, 0) is 26.0 Å². The van der Waals surface area contributed by atoms with Crippen molar-refractivity contribution < 1.29 is 5.11 Å². The fourth-order valence-corrected chi connectivity index (χ4v) is 2.24. The molecule has 1 fully saturated rings. The molecule has 4 heteroatoms. The number of rotatable bonds is 3. The Kier molecular flexibility index (Phi) is 2.84. The SMILES string of the molecule is CCn1nccc1C1CCNC1CO. The lowest BCUT2D eigenvalue weighted by molar-refractivity contribution is 0.243. The summed E-state index contributed by atoms with van der Waals surface area (Å²) in [6, 6.07) is 2.26. The van der Waals surface area contributed by atoms with Crippen molar-refractivity contribution in [2.45, 2.75) is 31.8 Å². The first-order valence-corrected chi connectivity index (χ1v) is 5.22. The number of nitrogens with one attached hydrogen (secondary N) is 1. The lowest BCUT2D eigenvalue weighted by atomic mass is 9.97. The quantitative estimate of drug-likeness (QED) is 0.731. The minimum absolute atomic E-state index is 0.206. The molecule has 0 aromatic carbocycles. The van der Waals surface area contributed by atoms with E-state index in [4.69, 9.17) is 0 Å². The van der Waals surface area contributed by atoms with Gasteiger partial charge in [-0.25, -0.2) is 0 Å². The largest absolute Gasteiger partial charge is 0.395 e. The van der Waals surface area contributed by atoms with Crippen LogP contribution in [0.3, 0.4) is 0 Å². The number of aromatic nitrogens is 2. The molecule has 2 rings (SSSR count). The van der Waals surface area contributed by atoms with Crippen molar-refractivity contribution in [3.63, 3.8) is 0 Å². The summed E-state index contributed by atoms with van der Waals surface area (Å²) in [6.07, 6.45) is 2.93. The highest BCUT2D eigenvalue weighted by atomic mass is 16.3. The normalized spacial score (nSPS) is 27.0. The van der Waals surface area contributed by atoms with Gasteiger partial charge in [-0.2, -0.15) is 5.10 Å². The van der Waals surface area contributed by atoms with Gasteiger partial charge in [-0.1, -0.05) is 0 Å². The van der Waals surface area contributed by atoms with Gasteiger partial charge in [0.05, 0.1) is 6.61 Å². The van der Waals surface area contributed by atoms with E-state index in [9.17, 15) is 5.11 Å². The average Bonchev–Trinajstić information content (AvgIpc) is 2.85. The van der Waals surface area contributed by atoms with Gasteiger partial charge in [-0.15, -0.1) is 0 Å². The Bertz CT molecular complexity index is 297. The van der Waals surface area contributed by atoms with Crippen molar-refractivity contribution >= 4 is 0 Å². The molecule has 2 atom stereocenters. The van der Waals surface area contributed by atoms with Crippen molar-refractivity contribution in [3.05, 3.63) is 18.0 Å². The molecular formula is C10H17N3O. The van der Waals surface area contributed by atoms with Crippen LogP contribution in [0, 0.1) is 0 Å². The van der Waals surface area contributed by atoms with Crippen LogP contribution in [0.15, 0.2) is 12.3 Å². The van der Waals surface area contributed by atoms with E-state index >= 15 is 0 Å². The van der Waals surface area contributed by atoms with E-state index in [1.807, 2.05) is 10.9 Å². The number of aliphatic hydroxyl groups excluding tert-OH is 1. The van der Waals surface area contributed by atoms with Crippen molar-refractivity contribution in [1.82, 2.24) is 15.1 Å². The third-order valence-electron chi connectivity index (χ3n) is 2.97. The van der Waals surface area contributed by atoms with E-state index in [0.717, 1.165) is 19.5 Å². The fraction of sp³-hybridized carbons (Fsp3) is 0.700. The van der Waals surface area contributed by atoms with Crippen molar-refractivity contribution in [3.8, 4) is 0 Å². The molecule has 0 aliphatic carbocycles. The summed E-state index contributed by atoms with van der Waals surface area (Å²) in [4.78, 5) is 0. The van der Waals surface area contributed by atoms with Crippen molar-refractivity contribution in [2.75, 3.05) is 13.2 Å². The van der Waals surface area contributed by atoms with E-state index in [1.54, 1.807) is 0 Å². The smallest absolute Gasteiger partial charge is 0.0591 e. The van der Waals surface area contributed by atoms with E-state index < -0.39 is 0 Å². The first-order chi connectivity index (χ1) is 6.86. The highest BCUT2D eigenvalue weighted by molar-refractivity contribution is 5.13. The highest BCUT2D eigenvalue weighted by Crippen LogP contribution is 2.27. The number of hydrogen-bond acceptors (Lipinski definition) is 3. The molecule has 2 heterocycles. The molecule has 0 saturated carbocycles. The maximum atomic E-state index is 9.21. The minimum Gasteiger partial charge on any atom is -0.395 e. The van der Waals surface area contributed by atoms with Crippen LogP contribution in [0.5, 0.6) is 0 Å². The maximum absolute atomic E-state index is 9.21. The second kappa shape index (κ2) is 4.11. The number of aliphatic hydroxyl groups is 1. The second-order valence-corrected chi connectivity index (χ2v) is 3.71. The second-order valence-electron chi connectivity index (χ2n) is 3.71. The summed E-state index contributed by atoms with van der Waals surface area (Å²) in [5, 5.41) is 16.8. The van der Waals surface area contributed by atoms with Gasteiger partial charge in [0.15, 0.2) is 0 Å². The molecule has 1 saturated heterocycles. The third kappa shape index (κ3) is 1.55. The van der Waals surface area contributed by atoms with Crippen LogP contribution in [-0.4, -0.2) is 34.1 Å². The van der Waals surface area contributed by atoms with Crippen LogP contribution in [0.4, 0.5) is 0 Å². The molecule has 1 aromatic rings. The Morgan fingerprint density at radius 2 is 2.57 bits per heavy atom. The lowest BCUT2D eigenvalue weighted by Gasteiger charge is -2.18. The zero-order chi connectivity index (χ0) is 9.97.